The number of halogens is 1. The first-order valence-electron chi connectivity index (χ1n) is 8.40. The number of nitrogens with zero attached hydrogens (tertiary/aromatic N) is 3. The molecule has 4 rings (SSSR count). The largest absolute Gasteiger partial charge is 0.346 e. The maximum atomic E-state index is 12.9. The van der Waals surface area contributed by atoms with Gasteiger partial charge in [-0.3, -0.25) is 4.79 Å². The van der Waals surface area contributed by atoms with Crippen molar-refractivity contribution >= 4 is 22.5 Å². The molecule has 2 heterocycles. The summed E-state index contributed by atoms with van der Waals surface area (Å²) in [6.45, 7) is 2.88. The molecule has 0 radical (unpaired) electrons. The average Bonchev–Trinajstić information content (AvgIpc) is 3.14. The molecular formula is C20H16ClN3O2. The van der Waals surface area contributed by atoms with Crippen LogP contribution in [0.2, 0.25) is 5.02 Å². The van der Waals surface area contributed by atoms with Crippen molar-refractivity contribution < 1.29 is 4.52 Å². The summed E-state index contributed by atoms with van der Waals surface area (Å²) >= 11 is 6.20. The van der Waals surface area contributed by atoms with E-state index in [0.717, 1.165) is 18.5 Å². The molecule has 130 valence electrons. The zero-order chi connectivity index (χ0) is 18.1. The number of hydrogen-bond donors (Lipinski definition) is 0. The van der Waals surface area contributed by atoms with Crippen molar-refractivity contribution in [3.8, 4) is 22.8 Å². The van der Waals surface area contributed by atoms with Gasteiger partial charge in [0.1, 0.15) is 5.56 Å². The average molecular weight is 366 g/mol. The number of hydrogen-bond acceptors (Lipinski definition) is 4. The maximum absolute atomic E-state index is 12.9. The number of para-hydroxylation sites is 1. The van der Waals surface area contributed by atoms with E-state index >= 15 is 0 Å². The van der Waals surface area contributed by atoms with Crippen LogP contribution in [0, 0.1) is 0 Å². The van der Waals surface area contributed by atoms with Crippen LogP contribution >= 0.6 is 11.6 Å². The molecule has 0 bridgehead atoms. The highest BCUT2D eigenvalue weighted by atomic mass is 35.5. The van der Waals surface area contributed by atoms with E-state index in [-0.39, 0.29) is 11.3 Å². The third-order valence-electron chi connectivity index (χ3n) is 4.22. The third-order valence-corrected chi connectivity index (χ3v) is 4.55. The minimum atomic E-state index is -0.123. The van der Waals surface area contributed by atoms with Gasteiger partial charge in [0.2, 0.25) is 11.3 Å². The van der Waals surface area contributed by atoms with Crippen molar-refractivity contribution in [2.75, 3.05) is 0 Å². The highest BCUT2D eigenvalue weighted by molar-refractivity contribution is 6.33. The SMILES string of the molecule is CCCn1cc(-c2nc(-c3ccccc3Cl)no2)c(=O)c2ccccc21. The zero-order valence-electron chi connectivity index (χ0n) is 14.1. The molecule has 0 amide bonds. The zero-order valence-corrected chi connectivity index (χ0v) is 14.9. The van der Waals surface area contributed by atoms with Gasteiger partial charge in [0, 0.05) is 23.7 Å². The van der Waals surface area contributed by atoms with E-state index in [2.05, 4.69) is 17.1 Å². The van der Waals surface area contributed by atoms with Crippen LogP contribution in [0.3, 0.4) is 0 Å². The van der Waals surface area contributed by atoms with Crippen molar-refractivity contribution in [3.63, 3.8) is 0 Å². The lowest BCUT2D eigenvalue weighted by Crippen LogP contribution is -2.12. The number of rotatable bonds is 4. The van der Waals surface area contributed by atoms with Gasteiger partial charge in [-0.1, -0.05) is 47.9 Å². The smallest absolute Gasteiger partial charge is 0.263 e. The molecular weight excluding hydrogens is 350 g/mol. The quantitative estimate of drug-likeness (QED) is 0.522. The summed E-state index contributed by atoms with van der Waals surface area (Å²) in [6, 6.07) is 14.8. The maximum Gasteiger partial charge on any atom is 0.263 e. The lowest BCUT2D eigenvalue weighted by atomic mass is 10.1. The second kappa shape index (κ2) is 6.77. The van der Waals surface area contributed by atoms with Crippen molar-refractivity contribution in [3.05, 3.63) is 70.0 Å². The molecule has 0 saturated heterocycles. The van der Waals surface area contributed by atoms with Crippen molar-refractivity contribution in [2.45, 2.75) is 19.9 Å². The van der Waals surface area contributed by atoms with E-state index in [4.69, 9.17) is 16.1 Å². The lowest BCUT2D eigenvalue weighted by molar-refractivity contribution is 0.431. The number of benzene rings is 2. The normalized spacial score (nSPS) is 11.2. The Morgan fingerprint density at radius 1 is 1.08 bits per heavy atom. The van der Waals surface area contributed by atoms with Crippen LogP contribution in [0.15, 0.2) is 64.0 Å². The van der Waals surface area contributed by atoms with Crippen LogP contribution in [0.1, 0.15) is 13.3 Å². The topological polar surface area (TPSA) is 60.9 Å². The van der Waals surface area contributed by atoms with Crippen LogP contribution in [0.25, 0.3) is 33.7 Å². The van der Waals surface area contributed by atoms with E-state index < -0.39 is 0 Å². The van der Waals surface area contributed by atoms with Gasteiger partial charge in [0.25, 0.3) is 5.89 Å². The minimum Gasteiger partial charge on any atom is -0.346 e. The van der Waals surface area contributed by atoms with E-state index in [1.165, 1.54) is 0 Å². The van der Waals surface area contributed by atoms with Crippen LogP contribution in [-0.4, -0.2) is 14.7 Å². The number of pyridine rings is 1. The predicted octanol–water partition coefficient (Wildman–Crippen LogP) is 4.78. The van der Waals surface area contributed by atoms with Gasteiger partial charge in [-0.15, -0.1) is 0 Å². The second-order valence-electron chi connectivity index (χ2n) is 5.99. The molecule has 0 aliphatic carbocycles. The summed E-state index contributed by atoms with van der Waals surface area (Å²) in [5.74, 6) is 0.556. The summed E-state index contributed by atoms with van der Waals surface area (Å²) in [5.41, 5.74) is 1.83. The van der Waals surface area contributed by atoms with Gasteiger partial charge in [-0.05, 0) is 30.7 Å². The highest BCUT2D eigenvalue weighted by Crippen LogP contribution is 2.27. The third kappa shape index (κ3) is 2.80. The van der Waals surface area contributed by atoms with Crippen molar-refractivity contribution in [1.29, 1.82) is 0 Å². The molecule has 0 atom stereocenters. The molecule has 2 aromatic heterocycles. The summed E-state index contributed by atoms with van der Waals surface area (Å²) in [5, 5.41) is 5.17. The van der Waals surface area contributed by atoms with Gasteiger partial charge in [0.05, 0.1) is 10.5 Å². The predicted molar refractivity (Wildman–Crippen MR) is 102 cm³/mol. The first-order chi connectivity index (χ1) is 12.7. The summed E-state index contributed by atoms with van der Waals surface area (Å²) in [4.78, 5) is 17.3. The Bertz CT molecular complexity index is 1150. The van der Waals surface area contributed by atoms with Gasteiger partial charge in [-0.25, -0.2) is 0 Å². The lowest BCUT2D eigenvalue weighted by Gasteiger charge is -2.10. The van der Waals surface area contributed by atoms with Crippen LogP contribution in [-0.2, 0) is 6.54 Å². The molecule has 5 nitrogen and oxygen atoms in total. The van der Waals surface area contributed by atoms with Crippen LogP contribution in [0.5, 0.6) is 0 Å². The minimum absolute atomic E-state index is 0.123. The monoisotopic (exact) mass is 365 g/mol. The molecule has 2 aromatic carbocycles. The number of fused-ring (bicyclic) bond motifs is 1. The Labute approximate surface area is 154 Å². The molecule has 0 spiro atoms. The van der Waals surface area contributed by atoms with Crippen molar-refractivity contribution in [2.24, 2.45) is 0 Å². The molecule has 0 aliphatic heterocycles. The Balaban J connectivity index is 1.89. The fourth-order valence-corrected chi connectivity index (χ4v) is 3.23. The Morgan fingerprint density at radius 3 is 2.65 bits per heavy atom. The molecule has 6 heteroatoms. The summed E-state index contributed by atoms with van der Waals surface area (Å²) in [7, 11) is 0. The Hall–Kier alpha value is -2.92. The number of aromatic nitrogens is 3. The molecule has 0 saturated carbocycles. The Kier molecular flexibility index (Phi) is 4.31. The second-order valence-corrected chi connectivity index (χ2v) is 6.39. The standard InChI is InChI=1S/C20H16ClN3O2/c1-2-11-24-12-15(18(25)14-8-4-6-10-17(14)24)20-22-19(23-26-20)13-7-3-5-9-16(13)21/h3-10,12H,2,11H2,1H3. The fourth-order valence-electron chi connectivity index (χ4n) is 3.01. The van der Waals surface area contributed by atoms with E-state index in [9.17, 15) is 4.79 Å². The molecule has 0 fully saturated rings. The van der Waals surface area contributed by atoms with Crippen LogP contribution in [0.4, 0.5) is 0 Å². The van der Waals surface area contributed by atoms with Gasteiger partial charge < -0.3 is 9.09 Å². The molecule has 0 N–H and O–H groups in total. The molecule has 0 unspecified atom stereocenters. The van der Waals surface area contributed by atoms with E-state index in [0.29, 0.717) is 27.4 Å². The van der Waals surface area contributed by atoms with Gasteiger partial charge >= 0.3 is 0 Å². The molecule has 4 aromatic rings. The Morgan fingerprint density at radius 2 is 1.85 bits per heavy atom. The van der Waals surface area contributed by atoms with Crippen LogP contribution < -0.4 is 5.43 Å². The van der Waals surface area contributed by atoms with Gasteiger partial charge in [0.15, 0.2) is 0 Å². The summed E-state index contributed by atoms with van der Waals surface area (Å²) in [6.07, 6.45) is 2.74. The van der Waals surface area contributed by atoms with Crippen molar-refractivity contribution in [1.82, 2.24) is 14.7 Å². The fraction of sp³-hybridized carbons (Fsp3) is 0.150. The molecule has 0 aliphatic rings. The first-order valence-corrected chi connectivity index (χ1v) is 8.78. The van der Waals surface area contributed by atoms with E-state index in [1.807, 2.05) is 47.0 Å². The number of aryl methyl sites for hydroxylation is 1. The van der Waals surface area contributed by atoms with E-state index in [1.54, 1.807) is 12.3 Å². The highest BCUT2D eigenvalue weighted by Gasteiger charge is 2.18. The molecule has 26 heavy (non-hydrogen) atoms. The first kappa shape index (κ1) is 16.5. The summed E-state index contributed by atoms with van der Waals surface area (Å²) < 4.78 is 7.44. The van der Waals surface area contributed by atoms with Gasteiger partial charge in [-0.2, -0.15) is 4.98 Å².